The second-order valence-corrected chi connectivity index (χ2v) is 14.5. The van der Waals surface area contributed by atoms with Crippen LogP contribution in [0.3, 0.4) is 0 Å². The molecule has 57 heavy (non-hydrogen) atoms. The zero-order valence-electron chi connectivity index (χ0n) is 35.1. The van der Waals surface area contributed by atoms with Gasteiger partial charge in [-0.1, -0.05) is 184 Å². The van der Waals surface area contributed by atoms with Gasteiger partial charge in [0.25, 0.3) is 0 Å². The minimum Gasteiger partial charge on any atom is -0.288 e. The van der Waals surface area contributed by atoms with Gasteiger partial charge in [-0.3, -0.25) is 4.99 Å². The van der Waals surface area contributed by atoms with Crippen LogP contribution in [0, 0.1) is 11.8 Å². The quantitative estimate of drug-likeness (QED) is 0.0885. The highest BCUT2D eigenvalue weighted by Crippen LogP contribution is 2.28. The molecule has 2 unspecified atom stereocenters. The van der Waals surface area contributed by atoms with Crippen LogP contribution in [-0.4, -0.2) is 12.8 Å². The molecule has 290 valence electrons. The average Bonchev–Trinajstić information content (AvgIpc) is 3.26. The van der Waals surface area contributed by atoms with Crippen LogP contribution >= 0.6 is 0 Å². The predicted octanol–water partition coefficient (Wildman–Crippen LogP) is 15.6. The number of aliphatic imine (C=N–C) groups is 1. The van der Waals surface area contributed by atoms with E-state index in [1.54, 1.807) is 0 Å². The Hall–Kier alpha value is -6.05. The topological polar surface area (TPSA) is 12.4 Å². The molecule has 0 fully saturated rings. The summed E-state index contributed by atoms with van der Waals surface area (Å²) in [5.41, 5.74) is 15.3. The molecule has 0 amide bonds. The van der Waals surface area contributed by atoms with Crippen LogP contribution in [0.5, 0.6) is 0 Å². The second-order valence-electron chi connectivity index (χ2n) is 14.5. The van der Waals surface area contributed by atoms with E-state index in [2.05, 4.69) is 229 Å². The van der Waals surface area contributed by atoms with Crippen molar-refractivity contribution in [3.05, 3.63) is 240 Å². The molecule has 0 saturated heterocycles. The largest absolute Gasteiger partial charge is 0.288 e. The molecule has 3 aromatic rings. The molecule has 0 saturated carbocycles. The van der Waals surface area contributed by atoms with Crippen molar-refractivity contribution >= 4 is 28.5 Å². The molecule has 0 N–H and O–H groups in total. The normalized spacial score (nSPS) is 18.6. The lowest BCUT2D eigenvalue weighted by Gasteiger charge is -2.15. The van der Waals surface area contributed by atoms with Crippen LogP contribution in [0.15, 0.2) is 217 Å². The number of hydrogen-bond donors (Lipinski definition) is 0. The third-order valence-electron chi connectivity index (χ3n) is 10.4. The first-order chi connectivity index (χ1) is 27.7. The molecule has 0 aliphatic heterocycles. The van der Waals surface area contributed by atoms with Gasteiger partial charge in [-0.25, -0.2) is 0 Å². The summed E-state index contributed by atoms with van der Waals surface area (Å²) in [6.45, 7) is 21.6. The van der Waals surface area contributed by atoms with Crippen molar-refractivity contribution in [3.8, 4) is 0 Å². The fourth-order valence-electron chi connectivity index (χ4n) is 6.87. The Morgan fingerprint density at radius 3 is 2.04 bits per heavy atom. The lowest BCUT2D eigenvalue weighted by Crippen LogP contribution is -1.99. The lowest BCUT2D eigenvalue weighted by molar-refractivity contribution is 0.669. The summed E-state index contributed by atoms with van der Waals surface area (Å²) in [7, 11) is 1.85. The Labute approximate surface area is 344 Å². The molecule has 1 nitrogen and oxygen atoms in total. The summed E-state index contributed by atoms with van der Waals surface area (Å²) in [4.78, 5) is 4.57. The third kappa shape index (κ3) is 13.3. The highest BCUT2D eigenvalue weighted by Gasteiger charge is 2.10. The van der Waals surface area contributed by atoms with E-state index >= 15 is 0 Å². The molecule has 5 rings (SSSR count). The SMILES string of the molecule is C=C.C=C(/C=C(\C=C(/C)c1ccc(C(/C=C\c2ccccc2)=NC)cc1)C(/C)=C/C=C\C(CC)=C1/C=CC=CC1C)c1ccc(/C(C)=C/CC2C=CC=CC2)cc1. The van der Waals surface area contributed by atoms with Crippen molar-refractivity contribution in [2.45, 2.75) is 53.9 Å². The number of allylic oxidation sites excluding steroid dienone is 22. The Balaban J connectivity index is 0.00000354. The van der Waals surface area contributed by atoms with Gasteiger partial charge < -0.3 is 0 Å². The Kier molecular flexibility index (Phi) is 17.7. The fourth-order valence-corrected chi connectivity index (χ4v) is 6.87. The van der Waals surface area contributed by atoms with E-state index in [0.717, 1.165) is 52.8 Å². The van der Waals surface area contributed by atoms with Gasteiger partial charge in [0.15, 0.2) is 0 Å². The maximum absolute atomic E-state index is 4.57. The van der Waals surface area contributed by atoms with Crippen LogP contribution < -0.4 is 0 Å². The molecule has 0 heterocycles. The highest BCUT2D eigenvalue weighted by molar-refractivity contribution is 6.10. The first-order valence-corrected chi connectivity index (χ1v) is 20.2. The molecule has 0 aromatic heterocycles. The van der Waals surface area contributed by atoms with Gasteiger partial charge in [0.1, 0.15) is 0 Å². The zero-order valence-corrected chi connectivity index (χ0v) is 35.1. The smallest absolute Gasteiger partial charge is 0.0643 e. The van der Waals surface area contributed by atoms with Crippen molar-refractivity contribution in [1.82, 2.24) is 0 Å². The monoisotopic (exact) mass is 747 g/mol. The average molecular weight is 748 g/mol. The van der Waals surface area contributed by atoms with E-state index in [1.807, 2.05) is 13.1 Å². The third-order valence-corrected chi connectivity index (χ3v) is 10.4. The van der Waals surface area contributed by atoms with Gasteiger partial charge in [-0.15, -0.1) is 13.2 Å². The van der Waals surface area contributed by atoms with Crippen molar-refractivity contribution in [3.63, 3.8) is 0 Å². The van der Waals surface area contributed by atoms with Gasteiger partial charge in [0.2, 0.25) is 0 Å². The highest BCUT2D eigenvalue weighted by atomic mass is 14.7. The molecule has 3 aromatic carbocycles. The molecule has 0 spiro atoms. The van der Waals surface area contributed by atoms with Gasteiger partial charge >= 0.3 is 0 Å². The van der Waals surface area contributed by atoms with Crippen LogP contribution in [0.4, 0.5) is 0 Å². The van der Waals surface area contributed by atoms with Crippen LogP contribution in [0.2, 0.25) is 0 Å². The standard InChI is InChI=1S/C54H57N.C2H4/c1-8-47(53-25-16-15-18-42(53)4)24-17-19-40(2)52(38-43(5)49-31-29-48(30-32-49)41(3)26-27-45-20-11-9-12-21-45)39-44(6)50-33-35-51(36-34-50)54(55-7)37-28-46-22-13-10-14-23-46;1-2/h9-20,22-26,28-39,42,45H,5,8,21,27H2,1-4,6-7H3;1-2H2/b24-17-,37-28-,40-19+,41-26+,44-39+,52-38+,53-47+,55-54?;. The van der Waals surface area contributed by atoms with Crippen LogP contribution in [0.25, 0.3) is 22.8 Å². The van der Waals surface area contributed by atoms with E-state index in [1.165, 1.54) is 39.0 Å². The van der Waals surface area contributed by atoms with Gasteiger partial charge in [-0.05, 0) is 131 Å². The van der Waals surface area contributed by atoms with E-state index in [0.29, 0.717) is 11.8 Å². The number of hydrogen-bond acceptors (Lipinski definition) is 1. The minimum atomic E-state index is 0.419. The Morgan fingerprint density at radius 1 is 0.754 bits per heavy atom. The second kappa shape index (κ2) is 23.1. The van der Waals surface area contributed by atoms with E-state index in [-0.39, 0.29) is 0 Å². The number of rotatable bonds is 14. The van der Waals surface area contributed by atoms with Gasteiger partial charge in [0, 0.05) is 7.05 Å². The summed E-state index contributed by atoms with van der Waals surface area (Å²) < 4.78 is 0. The first kappa shape index (κ1) is 43.7. The molecular formula is C56H61N. The number of nitrogens with zero attached hydrogens (tertiary/aromatic N) is 1. The molecule has 0 radical (unpaired) electrons. The van der Waals surface area contributed by atoms with E-state index < -0.39 is 0 Å². The minimum absolute atomic E-state index is 0.419. The van der Waals surface area contributed by atoms with Crippen LogP contribution in [0.1, 0.15) is 81.7 Å². The lowest BCUT2D eigenvalue weighted by atomic mass is 9.90. The van der Waals surface area contributed by atoms with Crippen molar-refractivity contribution in [2.75, 3.05) is 7.05 Å². The van der Waals surface area contributed by atoms with E-state index in [4.69, 9.17) is 0 Å². The molecule has 2 atom stereocenters. The summed E-state index contributed by atoms with van der Waals surface area (Å²) >= 11 is 0. The molecule has 2 aliphatic rings. The van der Waals surface area contributed by atoms with Crippen molar-refractivity contribution in [1.29, 1.82) is 0 Å². The van der Waals surface area contributed by atoms with E-state index in [9.17, 15) is 0 Å². The molecular weight excluding hydrogens is 687 g/mol. The summed E-state index contributed by atoms with van der Waals surface area (Å²) in [5, 5.41) is 0. The fraction of sp³-hybridized carbons (Fsp3) is 0.196. The first-order valence-electron chi connectivity index (χ1n) is 20.2. The maximum Gasteiger partial charge on any atom is 0.0643 e. The van der Waals surface area contributed by atoms with Crippen molar-refractivity contribution < 1.29 is 0 Å². The summed E-state index contributed by atoms with van der Waals surface area (Å²) in [6.07, 6.45) is 38.6. The van der Waals surface area contributed by atoms with Gasteiger partial charge in [0.05, 0.1) is 5.71 Å². The Bertz CT molecular complexity index is 2180. The van der Waals surface area contributed by atoms with Gasteiger partial charge in [-0.2, -0.15) is 0 Å². The van der Waals surface area contributed by atoms with Crippen LogP contribution in [-0.2, 0) is 0 Å². The Morgan fingerprint density at radius 2 is 1.40 bits per heavy atom. The molecule has 1 heteroatoms. The predicted molar refractivity (Wildman–Crippen MR) is 255 cm³/mol. The summed E-state index contributed by atoms with van der Waals surface area (Å²) in [5.74, 6) is 1.00. The van der Waals surface area contributed by atoms with Crippen molar-refractivity contribution in [2.24, 2.45) is 16.8 Å². The zero-order chi connectivity index (χ0) is 41.0. The molecule has 0 bridgehead atoms. The summed E-state index contributed by atoms with van der Waals surface area (Å²) in [6, 6.07) is 27.9. The molecule has 2 aliphatic carbocycles. The number of benzene rings is 3. The maximum atomic E-state index is 4.57.